The van der Waals surface area contributed by atoms with Crippen LogP contribution in [-0.2, 0) is 41.4 Å². The van der Waals surface area contributed by atoms with E-state index in [1.807, 2.05) is 54.7 Å². The molecule has 3 atom stereocenters. The summed E-state index contributed by atoms with van der Waals surface area (Å²) in [4.78, 5) is 109. The molecule has 4 aliphatic rings. The molecule has 10 rings (SSSR count). The highest BCUT2D eigenvalue weighted by Crippen LogP contribution is 2.44. The number of rotatable bonds is 21. The number of carboxylic acid groups (broad SMARTS) is 1. The number of pyridine rings is 1. The smallest absolute Gasteiger partial charge is 0.332 e. The molecule has 6 heterocycles. The van der Waals surface area contributed by atoms with Crippen LogP contribution in [0.5, 0.6) is 5.75 Å². The normalized spacial score (nSPS) is 18.1. The van der Waals surface area contributed by atoms with Crippen molar-refractivity contribution >= 4 is 69.1 Å². The second kappa shape index (κ2) is 25.2. The average molecular weight is 1160 g/mol. The lowest BCUT2D eigenvalue weighted by Crippen LogP contribution is -2.58. The van der Waals surface area contributed by atoms with E-state index in [0.29, 0.717) is 46.7 Å². The number of piperidine rings is 2. The molecule has 1 aliphatic carbocycles. The Morgan fingerprint density at radius 3 is 2.36 bits per heavy atom. The number of urea groups is 1. The number of carbonyl (C=O) groups excluding carboxylic acids is 5. The number of aromatic nitrogens is 4. The Morgan fingerprint density at radius 2 is 1.67 bits per heavy atom. The Labute approximate surface area is 490 Å². The van der Waals surface area contributed by atoms with E-state index in [9.17, 15) is 43.8 Å². The van der Waals surface area contributed by atoms with E-state index < -0.39 is 72.8 Å². The molecule has 4 fully saturated rings. The molecule has 3 saturated heterocycles. The zero-order chi connectivity index (χ0) is 60.2. The highest BCUT2D eigenvalue weighted by atomic mass is 16.5. The quantitative estimate of drug-likeness (QED) is 0.0481. The summed E-state index contributed by atoms with van der Waals surface area (Å²) < 4.78 is 14.1. The number of benzene rings is 3. The Kier molecular flexibility index (Phi) is 17.6. The number of H-pyrrole nitrogens is 1. The van der Waals surface area contributed by atoms with Crippen molar-refractivity contribution in [2.45, 2.75) is 100 Å². The van der Waals surface area contributed by atoms with E-state index in [4.69, 9.17) is 30.9 Å². The van der Waals surface area contributed by atoms with Crippen LogP contribution in [0, 0.1) is 11.8 Å². The molecule has 0 radical (unpaired) electrons. The first-order valence-electron chi connectivity index (χ1n) is 28.6. The fourth-order valence-corrected chi connectivity index (χ4v) is 11.6. The van der Waals surface area contributed by atoms with Gasteiger partial charge in [-0.1, -0.05) is 48.2 Å². The number of likely N-dealkylation sites (tertiary alicyclic amines) is 1. The largest absolute Gasteiger partial charge is 0.495 e. The Hall–Kier alpha value is -8.73. The number of fused-ring (bicyclic) bond motifs is 2. The number of nitrogens with zero attached hydrogens (tertiary/aromatic N) is 7. The van der Waals surface area contributed by atoms with E-state index in [0.717, 1.165) is 103 Å². The fraction of sp³-hybridized carbons (Fsp3) is 0.426. The number of aliphatic hydroxyl groups is 1. The number of ether oxygens (including phenoxy) is 2. The standard InChI is InChI=1S/C61H71N13O11/c1-60(66-23-7-8-37-11-16-49(84-3)48(30-37)73-27-20-51(77)74(59(73)83)36-65-56(81)47(33-52(78)79)67-55(80)45(62)32-50(63)76)21-28-71(29-22-60)40-18-25-72(26-19-40)58-68-46-15-12-38(44-34-70(2)57(82)53-42(44)17-24-64-53)31-43(46)54(69-58)61(35-75,85-41-13-14-41)39-9-5-4-6-10-39/h4-6,9-12,15-17,24,30-31,34,40-41,45,47,64,66,75H,13-14,18-23,25-29,32-33,35-36,62H2,1-3H3,(H2,63,76)(H,65,81)(H,67,80)(H,78,79)/t45-,47-,61-/m0/s1. The Bertz CT molecular complexity index is 3650. The number of amides is 6. The Balaban J connectivity index is 0.770. The van der Waals surface area contributed by atoms with Crippen molar-refractivity contribution < 1.29 is 48.5 Å². The third-order valence-electron chi connectivity index (χ3n) is 16.6. The number of nitrogens with two attached hydrogens (primary N) is 2. The summed E-state index contributed by atoms with van der Waals surface area (Å²) >= 11 is 0. The summed E-state index contributed by atoms with van der Waals surface area (Å²) in [6, 6.07) is 19.4. The number of nitrogens with one attached hydrogen (secondary N) is 4. The maximum absolute atomic E-state index is 13.9. The van der Waals surface area contributed by atoms with Gasteiger partial charge in [0.15, 0.2) is 5.60 Å². The van der Waals surface area contributed by atoms with Crippen molar-refractivity contribution in [1.29, 1.82) is 0 Å². The molecule has 85 heavy (non-hydrogen) atoms. The molecular weight excluding hydrogens is 1090 g/mol. The number of anilines is 2. The summed E-state index contributed by atoms with van der Waals surface area (Å²) in [5, 5.41) is 30.8. The first kappa shape index (κ1) is 59.4. The van der Waals surface area contributed by atoms with Gasteiger partial charge in [0.05, 0.1) is 62.1 Å². The second-order valence-corrected chi connectivity index (χ2v) is 22.5. The monoisotopic (exact) mass is 1160 g/mol. The molecule has 3 aliphatic heterocycles. The minimum atomic E-state index is -1.65. The molecule has 10 N–H and O–H groups in total. The first-order chi connectivity index (χ1) is 40.9. The number of hydrogen-bond acceptors (Lipinski definition) is 16. The summed E-state index contributed by atoms with van der Waals surface area (Å²) in [5.41, 5.74) is 14.6. The van der Waals surface area contributed by atoms with Crippen LogP contribution in [0.1, 0.15) is 81.5 Å². The third-order valence-corrected chi connectivity index (χ3v) is 16.6. The first-order valence-corrected chi connectivity index (χ1v) is 28.6. The number of aliphatic carboxylic acids is 1. The van der Waals surface area contributed by atoms with Crippen molar-refractivity contribution in [3.05, 3.63) is 112 Å². The maximum Gasteiger partial charge on any atom is 0.332 e. The van der Waals surface area contributed by atoms with Crippen molar-refractivity contribution in [2.24, 2.45) is 18.5 Å². The van der Waals surface area contributed by atoms with Gasteiger partial charge >= 0.3 is 12.0 Å². The highest BCUT2D eigenvalue weighted by molar-refractivity contribution is 6.07. The number of aliphatic hydroxyl groups excluding tert-OH is 1. The third kappa shape index (κ3) is 13.0. The molecule has 0 spiro atoms. The van der Waals surface area contributed by atoms with Gasteiger partial charge < -0.3 is 66.5 Å². The summed E-state index contributed by atoms with van der Waals surface area (Å²) in [6.07, 6.45) is 7.52. The lowest BCUT2D eigenvalue weighted by molar-refractivity contribution is -0.141. The van der Waals surface area contributed by atoms with E-state index in [1.54, 1.807) is 36.0 Å². The number of carbonyl (C=O) groups is 6. The molecule has 24 nitrogen and oxygen atoms in total. The topological polar surface area (TPSA) is 326 Å². The summed E-state index contributed by atoms with van der Waals surface area (Å²) in [5.74, 6) is 2.44. The molecule has 3 aromatic carbocycles. The van der Waals surface area contributed by atoms with Crippen molar-refractivity contribution in [1.82, 2.24) is 45.3 Å². The zero-order valence-corrected chi connectivity index (χ0v) is 47.8. The minimum Gasteiger partial charge on any atom is -0.495 e. The molecule has 24 heteroatoms. The van der Waals surface area contributed by atoms with E-state index in [1.165, 1.54) is 12.0 Å². The lowest BCUT2D eigenvalue weighted by Gasteiger charge is -2.45. The summed E-state index contributed by atoms with van der Waals surface area (Å²) in [7, 11) is 3.19. The SMILES string of the molecule is COc1ccc(C#CCNC2(C)CCN(C3CCN(c4nc([C@@](CO)(OC5CC5)c5ccccc5)c5cc(-c6cn(C)c(=O)c7[nH]ccc67)ccc5n4)CC3)CC2)cc1N1CCC(=O)N(CNC(=O)[C@H](CC(=O)O)NC(=O)[C@@H](N)CC(N)=O)C1=O. The van der Waals surface area contributed by atoms with Crippen LogP contribution in [0.3, 0.4) is 0 Å². The van der Waals surface area contributed by atoms with Gasteiger partial charge in [-0.15, -0.1) is 0 Å². The summed E-state index contributed by atoms with van der Waals surface area (Å²) in [6.45, 7) is 4.94. The second-order valence-electron chi connectivity index (χ2n) is 22.5. The number of aryl methyl sites for hydroxylation is 1. The van der Waals surface area contributed by atoms with Gasteiger partial charge in [-0.2, -0.15) is 0 Å². The van der Waals surface area contributed by atoms with Gasteiger partial charge in [-0.3, -0.25) is 33.7 Å². The van der Waals surface area contributed by atoms with Crippen LogP contribution in [0.4, 0.5) is 16.4 Å². The molecule has 6 aromatic rings. The molecule has 6 amide bonds. The van der Waals surface area contributed by atoms with Crippen LogP contribution in [0.2, 0.25) is 0 Å². The molecule has 1 saturated carbocycles. The average Bonchev–Trinajstić information content (AvgIpc) is 2.59. The molecule has 0 unspecified atom stereocenters. The zero-order valence-electron chi connectivity index (χ0n) is 47.8. The van der Waals surface area contributed by atoms with Gasteiger partial charge in [-0.25, -0.2) is 19.7 Å². The van der Waals surface area contributed by atoms with Gasteiger partial charge in [0.2, 0.25) is 29.6 Å². The number of aromatic amines is 1. The highest BCUT2D eigenvalue weighted by Gasteiger charge is 2.44. The Morgan fingerprint density at radius 1 is 0.918 bits per heavy atom. The van der Waals surface area contributed by atoms with Crippen LogP contribution < -0.4 is 47.5 Å². The minimum absolute atomic E-state index is 0.000644. The van der Waals surface area contributed by atoms with Crippen molar-refractivity contribution in [3.8, 4) is 28.7 Å². The van der Waals surface area contributed by atoms with E-state index in [-0.39, 0.29) is 36.8 Å². The molecule has 446 valence electrons. The number of methoxy groups -OCH3 is 1. The van der Waals surface area contributed by atoms with Crippen LogP contribution in [0.25, 0.3) is 32.9 Å². The van der Waals surface area contributed by atoms with Gasteiger partial charge in [0.1, 0.15) is 24.0 Å². The lowest BCUT2D eigenvalue weighted by atomic mass is 9.87. The molecule has 3 aromatic heterocycles. The number of hydrogen-bond donors (Lipinski definition) is 8. The van der Waals surface area contributed by atoms with Crippen LogP contribution >= 0.6 is 0 Å². The van der Waals surface area contributed by atoms with Crippen LogP contribution in [-0.4, -0.2) is 165 Å². The number of primary amides is 1. The molecular formula is C61H71N13O11. The van der Waals surface area contributed by atoms with E-state index >= 15 is 0 Å². The predicted octanol–water partition coefficient (Wildman–Crippen LogP) is 2.76. The van der Waals surface area contributed by atoms with Gasteiger partial charge in [-0.05, 0) is 93.0 Å². The fourth-order valence-electron chi connectivity index (χ4n) is 11.6. The van der Waals surface area contributed by atoms with Crippen molar-refractivity contribution in [3.63, 3.8) is 0 Å². The van der Waals surface area contributed by atoms with Gasteiger partial charge in [0.25, 0.3) is 5.56 Å². The van der Waals surface area contributed by atoms with Crippen molar-refractivity contribution in [2.75, 3.05) is 69.5 Å². The number of carboxylic acids is 1. The maximum atomic E-state index is 13.9. The number of imide groups is 1. The van der Waals surface area contributed by atoms with Gasteiger partial charge in [0, 0.05) is 92.1 Å². The molecule has 0 bridgehead atoms. The predicted molar refractivity (Wildman–Crippen MR) is 316 cm³/mol. The van der Waals surface area contributed by atoms with E-state index in [2.05, 4.69) is 55.6 Å². The van der Waals surface area contributed by atoms with Crippen LogP contribution in [0.15, 0.2) is 90.0 Å².